The zero-order valence-electron chi connectivity index (χ0n) is 27.2. The molecule has 1 rings (SSSR count). The number of esters is 1. The van der Waals surface area contributed by atoms with Crippen molar-refractivity contribution in [1.29, 1.82) is 0 Å². The first-order valence-electron chi connectivity index (χ1n) is 13.4. The van der Waals surface area contributed by atoms with E-state index < -0.39 is 0 Å². The van der Waals surface area contributed by atoms with Crippen molar-refractivity contribution in [1.82, 2.24) is 0 Å². The molecule has 0 fully saturated rings. The van der Waals surface area contributed by atoms with E-state index in [1.54, 1.807) is 24.3 Å². The van der Waals surface area contributed by atoms with Crippen molar-refractivity contribution < 1.29 is 40.2 Å². The van der Waals surface area contributed by atoms with E-state index in [0.717, 1.165) is 13.2 Å². The smallest absolute Gasteiger partial charge is 0.870 e. The molecule has 0 bridgehead atoms. The first-order chi connectivity index (χ1) is 16.2. The molecule has 0 atom stereocenters. The van der Waals surface area contributed by atoms with Crippen molar-refractivity contribution >= 4 is 21.8 Å². The van der Waals surface area contributed by atoms with Crippen LogP contribution >= 0.6 is 15.8 Å². The molecule has 0 spiro atoms. The molecular weight excluding hydrogens is 605 g/mol. The molecule has 0 saturated carbocycles. The summed E-state index contributed by atoms with van der Waals surface area (Å²) in [7, 11) is 1.49. The number of carbonyl (C=O) groups excluding carboxylic acids is 1. The Morgan fingerprint density at radius 1 is 0.737 bits per heavy atom. The monoisotopic (exact) mass is 664 g/mol. The molecule has 0 aliphatic rings. The fourth-order valence-electron chi connectivity index (χ4n) is 4.59. The summed E-state index contributed by atoms with van der Waals surface area (Å²) in [6, 6.07) is 9.47. The van der Waals surface area contributed by atoms with E-state index in [1.165, 1.54) is 25.9 Å². The van der Waals surface area contributed by atoms with Crippen LogP contribution in [0, 0.1) is 6.07 Å². The van der Waals surface area contributed by atoms with Crippen molar-refractivity contribution in [3.63, 3.8) is 0 Å². The molecule has 0 unspecified atom stereocenters. The van der Waals surface area contributed by atoms with Gasteiger partial charge in [0.05, 0.1) is 7.11 Å². The zero-order chi connectivity index (χ0) is 28.8. The van der Waals surface area contributed by atoms with Crippen molar-refractivity contribution in [2.24, 2.45) is 0 Å². The molecule has 1 aromatic carbocycles. The summed E-state index contributed by atoms with van der Waals surface area (Å²) < 4.78 is 9.32. The van der Waals surface area contributed by atoms with Crippen molar-refractivity contribution in [2.45, 2.75) is 124 Å². The first-order valence-corrected chi connectivity index (χ1v) is 16.5. The Labute approximate surface area is 253 Å². The standard InChI is InChI=1S/C19H42P2.C8H7O2.C4H10O.H2O.Pd/c1-16(2,3)20(17(4,5)6)14-13-15-21(18(7,8)9)19(10,11)12;1-10-8(9)7-5-3-2-4-6-7;1-3-5-4-2;;/h13-15H2,1-12H3;3-6H,1H3;3-4H2,1-2H3;1H2;/q;-1;;;+2/p-1. The van der Waals surface area contributed by atoms with Gasteiger partial charge < -0.3 is 14.9 Å². The Kier molecular flexibility index (Phi) is 24.9. The Bertz CT molecular complexity index is 638. The number of hydrogen-bond acceptors (Lipinski definition) is 4. The van der Waals surface area contributed by atoms with E-state index in [2.05, 4.69) is 93.9 Å². The molecule has 228 valence electrons. The van der Waals surface area contributed by atoms with Gasteiger partial charge in [0.25, 0.3) is 0 Å². The van der Waals surface area contributed by atoms with E-state index >= 15 is 0 Å². The van der Waals surface area contributed by atoms with Crippen molar-refractivity contribution in [3.05, 3.63) is 35.9 Å². The minimum absolute atomic E-state index is 0. The van der Waals surface area contributed by atoms with Crippen LogP contribution in [0.4, 0.5) is 0 Å². The molecule has 4 nitrogen and oxygen atoms in total. The van der Waals surface area contributed by atoms with Gasteiger partial charge >= 0.3 is 26.4 Å². The summed E-state index contributed by atoms with van der Waals surface area (Å²) in [4.78, 5) is 10.8. The second-order valence-electron chi connectivity index (χ2n) is 12.9. The summed E-state index contributed by atoms with van der Waals surface area (Å²) in [5.41, 5.74) is 0.557. The van der Waals surface area contributed by atoms with Gasteiger partial charge in [-0.3, -0.25) is 0 Å². The van der Waals surface area contributed by atoms with Crippen molar-refractivity contribution in [3.8, 4) is 0 Å². The van der Waals surface area contributed by atoms with Crippen LogP contribution in [-0.2, 0) is 29.9 Å². The van der Waals surface area contributed by atoms with Gasteiger partial charge in [0.15, 0.2) is 0 Å². The van der Waals surface area contributed by atoms with Gasteiger partial charge in [-0.25, -0.2) is 4.79 Å². The van der Waals surface area contributed by atoms with E-state index in [1.807, 2.05) is 13.8 Å². The van der Waals surface area contributed by atoms with Crippen LogP contribution in [0.2, 0.25) is 0 Å². The van der Waals surface area contributed by atoms with Gasteiger partial charge in [0.1, 0.15) is 0 Å². The zero-order valence-corrected chi connectivity index (χ0v) is 30.6. The molecule has 1 aromatic rings. The maximum Gasteiger partial charge on any atom is 2.00 e. The maximum absolute atomic E-state index is 10.8. The number of rotatable bonds is 7. The van der Waals surface area contributed by atoms with Crippen LogP contribution in [0.1, 0.15) is 114 Å². The number of hydrogen-bond donors (Lipinski definition) is 0. The largest absolute Gasteiger partial charge is 2.00 e. The topological polar surface area (TPSA) is 65.5 Å². The second kappa shape index (κ2) is 20.9. The van der Waals surface area contributed by atoms with E-state index in [9.17, 15) is 4.79 Å². The predicted molar refractivity (Wildman–Crippen MR) is 168 cm³/mol. The third-order valence-corrected chi connectivity index (χ3v) is 13.6. The molecule has 0 radical (unpaired) electrons. The molecule has 7 heteroatoms. The molecular formula is C31H60O4P2Pd. The van der Waals surface area contributed by atoms with Crippen LogP contribution in [0.5, 0.6) is 0 Å². The van der Waals surface area contributed by atoms with Crippen LogP contribution in [-0.4, -0.2) is 64.7 Å². The third-order valence-electron chi connectivity index (χ3n) is 5.55. The summed E-state index contributed by atoms with van der Waals surface area (Å²) in [6.45, 7) is 35.0. The van der Waals surface area contributed by atoms with Crippen LogP contribution in [0.15, 0.2) is 24.3 Å². The fraction of sp³-hybridized carbons (Fsp3) is 0.774. The van der Waals surface area contributed by atoms with E-state index in [-0.39, 0.29) is 47.7 Å². The van der Waals surface area contributed by atoms with Crippen LogP contribution < -0.4 is 0 Å². The first kappa shape index (κ1) is 45.1. The molecule has 0 aliphatic heterocycles. The van der Waals surface area contributed by atoms with E-state index in [0.29, 0.717) is 26.2 Å². The normalized spacial score (nSPS) is 11.8. The quantitative estimate of drug-likeness (QED) is 0.126. The molecule has 0 aromatic heterocycles. The Morgan fingerprint density at radius 2 is 1.05 bits per heavy atom. The Hall–Kier alpha value is 0.132. The SMILES string of the molecule is CC(C)(C)P(CCCP(C(C)(C)C)C(C)(C)C)C(C)(C)C.CCOCC.COC(=O)c1cc[c-]cc1.[OH-].[Pd+2]. The number of benzene rings is 1. The van der Waals surface area contributed by atoms with Crippen molar-refractivity contribution in [2.75, 3.05) is 32.6 Å². The maximum atomic E-state index is 10.8. The molecule has 0 heterocycles. The third kappa shape index (κ3) is 21.0. The number of methoxy groups -OCH3 is 1. The van der Waals surface area contributed by atoms with Gasteiger partial charge in [-0.15, -0.1) is 0 Å². The Balaban J connectivity index is -0.000000281. The predicted octanol–water partition coefficient (Wildman–Crippen LogP) is 9.67. The van der Waals surface area contributed by atoms with Gasteiger partial charge in [-0.1, -0.05) is 98.9 Å². The summed E-state index contributed by atoms with van der Waals surface area (Å²) >= 11 is 0. The average molecular weight is 665 g/mol. The van der Waals surface area contributed by atoms with Gasteiger partial charge in [-0.2, -0.15) is 30.3 Å². The number of carbonyl (C=O) groups is 1. The second-order valence-corrected chi connectivity index (χ2v) is 20.9. The van der Waals surface area contributed by atoms with Crippen LogP contribution in [0.25, 0.3) is 0 Å². The minimum atomic E-state index is -0.311. The summed E-state index contributed by atoms with van der Waals surface area (Å²) in [5.74, 6) is -0.311. The average Bonchev–Trinajstić information content (AvgIpc) is 2.71. The number of ether oxygens (including phenoxy) is 2. The summed E-state index contributed by atoms with van der Waals surface area (Å²) in [5, 5.41) is 1.89. The van der Waals surface area contributed by atoms with Crippen LogP contribution in [0.3, 0.4) is 0 Å². The fourth-order valence-corrected chi connectivity index (χ4v) is 12.5. The van der Waals surface area contributed by atoms with Gasteiger partial charge in [0, 0.05) is 13.2 Å². The van der Waals surface area contributed by atoms with Gasteiger partial charge in [-0.05, 0) is 58.8 Å². The molecule has 0 aliphatic carbocycles. The molecule has 38 heavy (non-hydrogen) atoms. The molecule has 1 N–H and O–H groups in total. The Morgan fingerprint density at radius 3 is 1.26 bits per heavy atom. The molecule has 0 amide bonds. The van der Waals surface area contributed by atoms with E-state index in [4.69, 9.17) is 4.74 Å². The van der Waals surface area contributed by atoms with Gasteiger partial charge in [0.2, 0.25) is 0 Å². The summed E-state index contributed by atoms with van der Waals surface area (Å²) in [6.07, 6.45) is 4.29. The molecule has 0 saturated heterocycles. The minimum Gasteiger partial charge on any atom is -0.870 e.